The van der Waals surface area contributed by atoms with Gasteiger partial charge in [0.15, 0.2) is 0 Å². The molecule has 0 unspecified atom stereocenters. The fourth-order valence-corrected chi connectivity index (χ4v) is 2.74. The summed E-state index contributed by atoms with van der Waals surface area (Å²) in [6.07, 6.45) is 1.42. The smallest absolute Gasteiger partial charge is 0.261 e. The van der Waals surface area contributed by atoms with E-state index < -0.39 is 0 Å². The van der Waals surface area contributed by atoms with Crippen molar-refractivity contribution in [3.8, 4) is 11.5 Å². The van der Waals surface area contributed by atoms with Crippen LogP contribution in [0, 0.1) is 0 Å². The molecule has 9 nitrogen and oxygen atoms in total. The monoisotopic (exact) mass is 405 g/mol. The van der Waals surface area contributed by atoms with Crippen molar-refractivity contribution in [2.45, 2.75) is 13.2 Å². The van der Waals surface area contributed by atoms with Crippen molar-refractivity contribution in [1.82, 2.24) is 20.4 Å². The maximum Gasteiger partial charge on any atom is 0.261 e. The molecule has 152 valence electrons. The van der Waals surface area contributed by atoms with Crippen molar-refractivity contribution in [2.75, 3.05) is 7.11 Å². The highest BCUT2D eigenvalue weighted by Gasteiger charge is 2.08. The average Bonchev–Trinajstić information content (AvgIpc) is 3.40. The molecular formula is C21H19N5O4. The quantitative estimate of drug-likeness (QED) is 0.357. The number of nitrogens with one attached hydrogen (secondary N) is 1. The molecule has 0 radical (unpaired) electrons. The van der Waals surface area contributed by atoms with E-state index in [0.717, 1.165) is 16.8 Å². The number of hydrogen-bond donors (Lipinski definition) is 1. The molecule has 2 heterocycles. The standard InChI is InChI=1S/C21H19N5O4/c1-28-15-6-8-16(9-7-15)29-14-18-11-10-17(30-18)12-22-24-21(27)13-26-20-5-3-2-4-19(20)23-25-26/h2-12H,13-14H2,1H3,(H,24,27)/b22-12+. The van der Waals surface area contributed by atoms with E-state index in [1.54, 1.807) is 19.2 Å². The van der Waals surface area contributed by atoms with Crippen LogP contribution in [0.5, 0.6) is 11.5 Å². The van der Waals surface area contributed by atoms with Crippen LogP contribution in [0.3, 0.4) is 0 Å². The molecule has 30 heavy (non-hydrogen) atoms. The van der Waals surface area contributed by atoms with Gasteiger partial charge in [0.2, 0.25) is 0 Å². The van der Waals surface area contributed by atoms with Gasteiger partial charge in [0, 0.05) is 0 Å². The van der Waals surface area contributed by atoms with Crippen LogP contribution in [-0.2, 0) is 17.9 Å². The van der Waals surface area contributed by atoms with Gasteiger partial charge in [0.1, 0.15) is 41.7 Å². The second-order valence-corrected chi connectivity index (χ2v) is 6.30. The Balaban J connectivity index is 1.27. The van der Waals surface area contributed by atoms with Crippen LogP contribution >= 0.6 is 0 Å². The van der Waals surface area contributed by atoms with Crippen LogP contribution < -0.4 is 14.9 Å². The summed E-state index contributed by atoms with van der Waals surface area (Å²) < 4.78 is 17.9. The summed E-state index contributed by atoms with van der Waals surface area (Å²) in [6.45, 7) is 0.281. The van der Waals surface area contributed by atoms with Gasteiger partial charge in [0.25, 0.3) is 5.91 Å². The fraction of sp³-hybridized carbons (Fsp3) is 0.143. The molecule has 2 aromatic heterocycles. The maximum absolute atomic E-state index is 12.1. The molecule has 0 spiro atoms. The number of rotatable bonds is 8. The molecule has 9 heteroatoms. The molecule has 0 aliphatic carbocycles. The summed E-state index contributed by atoms with van der Waals surface area (Å²) in [4.78, 5) is 12.1. The lowest BCUT2D eigenvalue weighted by Gasteiger charge is -2.05. The van der Waals surface area contributed by atoms with Gasteiger partial charge in [-0.15, -0.1) is 5.10 Å². The van der Waals surface area contributed by atoms with Gasteiger partial charge in [-0.25, -0.2) is 10.1 Å². The minimum Gasteiger partial charge on any atom is -0.497 e. The Labute approximate surface area is 171 Å². The van der Waals surface area contributed by atoms with E-state index in [1.807, 2.05) is 48.5 Å². The summed E-state index contributed by atoms with van der Waals surface area (Å²) in [6, 6.07) is 18.2. The molecular weight excluding hydrogens is 386 g/mol. The lowest BCUT2D eigenvalue weighted by Crippen LogP contribution is -2.23. The third kappa shape index (κ3) is 4.64. The summed E-state index contributed by atoms with van der Waals surface area (Å²) in [7, 11) is 1.61. The summed E-state index contributed by atoms with van der Waals surface area (Å²) >= 11 is 0. The zero-order valence-corrected chi connectivity index (χ0v) is 16.2. The number of para-hydroxylation sites is 1. The predicted octanol–water partition coefficient (Wildman–Crippen LogP) is 2.76. The molecule has 0 saturated heterocycles. The van der Waals surface area contributed by atoms with E-state index in [-0.39, 0.29) is 19.1 Å². The van der Waals surface area contributed by atoms with Crippen molar-refractivity contribution in [3.05, 3.63) is 72.2 Å². The fourth-order valence-electron chi connectivity index (χ4n) is 2.74. The molecule has 1 N–H and O–H groups in total. The normalized spacial score (nSPS) is 11.1. The van der Waals surface area contributed by atoms with Crippen LogP contribution in [0.1, 0.15) is 11.5 Å². The Hall–Kier alpha value is -4.14. The van der Waals surface area contributed by atoms with Crippen molar-refractivity contribution < 1.29 is 18.7 Å². The zero-order valence-electron chi connectivity index (χ0n) is 16.2. The Morgan fingerprint density at radius 2 is 1.93 bits per heavy atom. The van der Waals surface area contributed by atoms with Gasteiger partial charge in [-0.1, -0.05) is 17.3 Å². The van der Waals surface area contributed by atoms with Crippen molar-refractivity contribution in [1.29, 1.82) is 0 Å². The van der Waals surface area contributed by atoms with Crippen LogP contribution in [-0.4, -0.2) is 34.2 Å². The summed E-state index contributed by atoms with van der Waals surface area (Å²) in [5.74, 6) is 2.27. The first-order chi connectivity index (χ1) is 14.7. The van der Waals surface area contributed by atoms with E-state index in [0.29, 0.717) is 17.3 Å². The molecule has 0 saturated carbocycles. The minimum atomic E-state index is -0.323. The van der Waals surface area contributed by atoms with Crippen LogP contribution in [0.25, 0.3) is 11.0 Å². The van der Waals surface area contributed by atoms with Gasteiger partial charge in [-0.05, 0) is 48.5 Å². The summed E-state index contributed by atoms with van der Waals surface area (Å²) in [5, 5.41) is 11.9. The highest BCUT2D eigenvalue weighted by molar-refractivity contribution is 5.81. The Bertz CT molecular complexity index is 1160. The van der Waals surface area contributed by atoms with Gasteiger partial charge in [-0.3, -0.25) is 4.79 Å². The summed E-state index contributed by atoms with van der Waals surface area (Å²) in [5.41, 5.74) is 3.96. The van der Waals surface area contributed by atoms with Crippen molar-refractivity contribution >= 4 is 23.2 Å². The number of hydrazone groups is 1. The molecule has 0 bridgehead atoms. The first kappa shape index (κ1) is 19.2. The largest absolute Gasteiger partial charge is 0.497 e. The van der Waals surface area contributed by atoms with E-state index >= 15 is 0 Å². The topological polar surface area (TPSA) is 104 Å². The maximum atomic E-state index is 12.1. The van der Waals surface area contributed by atoms with Gasteiger partial charge >= 0.3 is 0 Å². The van der Waals surface area contributed by atoms with Crippen LogP contribution in [0.15, 0.2) is 70.2 Å². The molecule has 4 aromatic rings. The number of furan rings is 1. The second-order valence-electron chi connectivity index (χ2n) is 6.30. The van der Waals surface area contributed by atoms with E-state index in [1.165, 1.54) is 10.9 Å². The van der Waals surface area contributed by atoms with Gasteiger partial charge in [-0.2, -0.15) is 5.10 Å². The lowest BCUT2D eigenvalue weighted by atomic mass is 10.3. The number of carbonyl (C=O) groups is 1. The third-order valence-electron chi connectivity index (χ3n) is 4.22. The second kappa shape index (κ2) is 8.91. The molecule has 1 amide bonds. The molecule has 2 aromatic carbocycles. The number of carbonyl (C=O) groups excluding carboxylic acids is 1. The minimum absolute atomic E-state index is 0.0109. The van der Waals surface area contributed by atoms with Crippen molar-refractivity contribution in [3.63, 3.8) is 0 Å². The van der Waals surface area contributed by atoms with Crippen LogP contribution in [0.4, 0.5) is 0 Å². The molecule has 0 aliphatic heterocycles. The third-order valence-corrected chi connectivity index (χ3v) is 4.22. The zero-order chi connectivity index (χ0) is 20.8. The lowest BCUT2D eigenvalue weighted by molar-refractivity contribution is -0.121. The molecule has 0 atom stereocenters. The number of hydrogen-bond acceptors (Lipinski definition) is 7. The van der Waals surface area contributed by atoms with E-state index in [2.05, 4.69) is 20.8 Å². The number of fused-ring (bicyclic) bond motifs is 1. The number of ether oxygens (including phenoxy) is 2. The number of benzene rings is 2. The first-order valence-corrected chi connectivity index (χ1v) is 9.17. The predicted molar refractivity (Wildman–Crippen MR) is 109 cm³/mol. The van der Waals surface area contributed by atoms with Gasteiger partial charge in [0.05, 0.1) is 18.8 Å². The highest BCUT2D eigenvalue weighted by atomic mass is 16.5. The first-order valence-electron chi connectivity index (χ1n) is 9.17. The molecule has 4 rings (SSSR count). The Kier molecular flexibility index (Phi) is 5.70. The van der Waals surface area contributed by atoms with Crippen LogP contribution in [0.2, 0.25) is 0 Å². The Morgan fingerprint density at radius 1 is 1.13 bits per heavy atom. The van der Waals surface area contributed by atoms with E-state index in [4.69, 9.17) is 13.9 Å². The van der Waals surface area contributed by atoms with Gasteiger partial charge < -0.3 is 13.9 Å². The molecule has 0 fully saturated rings. The number of methoxy groups -OCH3 is 1. The number of amides is 1. The Morgan fingerprint density at radius 3 is 2.77 bits per heavy atom. The highest BCUT2D eigenvalue weighted by Crippen LogP contribution is 2.18. The average molecular weight is 405 g/mol. The number of nitrogens with zero attached hydrogens (tertiary/aromatic N) is 4. The van der Waals surface area contributed by atoms with Crippen molar-refractivity contribution in [2.24, 2.45) is 5.10 Å². The molecule has 0 aliphatic rings. The number of aromatic nitrogens is 3. The van der Waals surface area contributed by atoms with E-state index in [9.17, 15) is 4.79 Å². The SMILES string of the molecule is COc1ccc(OCc2ccc(/C=N/NC(=O)Cn3nnc4ccccc43)o2)cc1.